The highest BCUT2D eigenvalue weighted by Crippen LogP contribution is 2.34. The van der Waals surface area contributed by atoms with Crippen LogP contribution in [0.2, 0.25) is 0 Å². The van der Waals surface area contributed by atoms with E-state index in [1.807, 2.05) is 36.4 Å². The molecular formula is C21H24ClN3O2. The number of hydrogen-bond acceptors (Lipinski definition) is 5. The molecule has 0 bridgehead atoms. The second-order valence-corrected chi connectivity index (χ2v) is 6.89. The number of nitrogens with zero attached hydrogens (tertiary/aromatic N) is 2. The van der Waals surface area contributed by atoms with Gasteiger partial charge in [0.25, 0.3) is 5.89 Å². The summed E-state index contributed by atoms with van der Waals surface area (Å²) < 4.78 is 11.6. The van der Waals surface area contributed by atoms with Crippen LogP contribution in [0.3, 0.4) is 0 Å². The molecule has 142 valence electrons. The molecule has 0 amide bonds. The molecule has 3 aromatic rings. The molecule has 1 heterocycles. The molecule has 0 unspecified atom stereocenters. The molecule has 1 aromatic heterocycles. The van der Waals surface area contributed by atoms with Crippen molar-refractivity contribution < 1.29 is 9.26 Å². The predicted molar refractivity (Wildman–Crippen MR) is 105 cm³/mol. The van der Waals surface area contributed by atoms with Crippen molar-refractivity contribution in [3.8, 4) is 0 Å². The highest BCUT2D eigenvalue weighted by atomic mass is 35.5. The smallest absolute Gasteiger partial charge is 0.252 e. The number of ether oxygens (including phenoxy) is 1. The van der Waals surface area contributed by atoms with Gasteiger partial charge in [-0.25, -0.2) is 0 Å². The highest BCUT2D eigenvalue weighted by Gasteiger charge is 2.36. The molecule has 1 aliphatic rings. The topological polar surface area (TPSA) is 74.2 Å². The van der Waals surface area contributed by atoms with Gasteiger partial charge in [0.15, 0.2) is 5.82 Å². The third kappa shape index (κ3) is 4.38. The van der Waals surface area contributed by atoms with Gasteiger partial charge in [0.05, 0.1) is 5.54 Å². The Morgan fingerprint density at radius 2 is 1.52 bits per heavy atom. The van der Waals surface area contributed by atoms with Gasteiger partial charge in [0.1, 0.15) is 12.7 Å². The number of aromatic nitrogens is 2. The number of nitrogens with two attached hydrogens (primary N) is 1. The SMILES string of the molecule is Cl.NC1(c2noc(COC(c3ccccc3)c3ccccc3)n2)CCCC1. The van der Waals surface area contributed by atoms with Gasteiger partial charge in [-0.1, -0.05) is 78.7 Å². The lowest BCUT2D eigenvalue weighted by Gasteiger charge is -2.18. The summed E-state index contributed by atoms with van der Waals surface area (Å²) in [6.45, 7) is 0.248. The van der Waals surface area contributed by atoms with Gasteiger partial charge >= 0.3 is 0 Å². The minimum atomic E-state index is -0.444. The van der Waals surface area contributed by atoms with Crippen LogP contribution in [-0.4, -0.2) is 10.1 Å². The number of benzene rings is 2. The fourth-order valence-electron chi connectivity index (χ4n) is 3.54. The van der Waals surface area contributed by atoms with Crippen LogP contribution in [0.5, 0.6) is 0 Å². The van der Waals surface area contributed by atoms with Gasteiger partial charge in [-0.3, -0.25) is 0 Å². The molecule has 1 saturated carbocycles. The Balaban J connectivity index is 0.00000210. The van der Waals surface area contributed by atoms with E-state index in [-0.39, 0.29) is 25.1 Å². The Kier molecular flexibility index (Phi) is 6.26. The van der Waals surface area contributed by atoms with Crippen molar-refractivity contribution in [3.63, 3.8) is 0 Å². The first-order valence-corrected chi connectivity index (χ1v) is 9.08. The van der Waals surface area contributed by atoms with Crippen LogP contribution in [0.4, 0.5) is 0 Å². The van der Waals surface area contributed by atoms with Gasteiger partial charge in [-0.15, -0.1) is 12.4 Å². The van der Waals surface area contributed by atoms with E-state index in [1.54, 1.807) is 0 Å². The van der Waals surface area contributed by atoms with Crippen molar-refractivity contribution >= 4 is 12.4 Å². The first-order valence-electron chi connectivity index (χ1n) is 9.08. The molecule has 1 fully saturated rings. The van der Waals surface area contributed by atoms with E-state index in [0.29, 0.717) is 11.7 Å². The molecule has 0 aliphatic heterocycles. The van der Waals surface area contributed by atoms with Crippen molar-refractivity contribution in [2.45, 2.75) is 43.9 Å². The molecule has 27 heavy (non-hydrogen) atoms. The minimum Gasteiger partial charge on any atom is -0.359 e. The molecule has 6 heteroatoms. The Hall–Kier alpha value is -2.21. The Bertz CT molecular complexity index is 793. The lowest BCUT2D eigenvalue weighted by Crippen LogP contribution is -2.34. The molecule has 0 radical (unpaired) electrons. The first kappa shape index (κ1) is 19.5. The van der Waals surface area contributed by atoms with E-state index < -0.39 is 5.54 Å². The molecule has 1 aliphatic carbocycles. The number of halogens is 1. The summed E-state index contributed by atoms with van der Waals surface area (Å²) in [6, 6.07) is 20.3. The van der Waals surface area contributed by atoms with Crippen molar-refractivity contribution in [1.82, 2.24) is 10.1 Å². The Morgan fingerprint density at radius 3 is 2.07 bits per heavy atom. The van der Waals surface area contributed by atoms with E-state index in [9.17, 15) is 0 Å². The third-order valence-corrected chi connectivity index (χ3v) is 4.99. The monoisotopic (exact) mass is 385 g/mol. The number of rotatable bonds is 6. The van der Waals surface area contributed by atoms with E-state index in [1.165, 1.54) is 0 Å². The molecule has 5 nitrogen and oxygen atoms in total. The zero-order valence-electron chi connectivity index (χ0n) is 15.1. The van der Waals surface area contributed by atoms with E-state index in [2.05, 4.69) is 34.4 Å². The summed E-state index contributed by atoms with van der Waals surface area (Å²) in [5.74, 6) is 1.07. The van der Waals surface area contributed by atoms with Gasteiger partial charge in [-0.05, 0) is 24.0 Å². The largest absolute Gasteiger partial charge is 0.359 e. The van der Waals surface area contributed by atoms with Crippen molar-refractivity contribution in [3.05, 3.63) is 83.5 Å². The third-order valence-electron chi connectivity index (χ3n) is 4.99. The quantitative estimate of drug-likeness (QED) is 0.674. The molecule has 0 spiro atoms. The van der Waals surface area contributed by atoms with Crippen molar-refractivity contribution in [2.24, 2.45) is 5.73 Å². The molecule has 0 saturated heterocycles. The van der Waals surface area contributed by atoms with Gasteiger partial charge < -0.3 is 15.0 Å². The average Bonchev–Trinajstić information content (AvgIpc) is 3.34. The maximum absolute atomic E-state index is 6.41. The van der Waals surface area contributed by atoms with Crippen LogP contribution < -0.4 is 5.73 Å². The van der Waals surface area contributed by atoms with Gasteiger partial charge in [0, 0.05) is 0 Å². The lowest BCUT2D eigenvalue weighted by atomic mass is 9.99. The van der Waals surface area contributed by atoms with Crippen LogP contribution >= 0.6 is 12.4 Å². The van der Waals surface area contributed by atoms with E-state index in [4.69, 9.17) is 15.0 Å². The lowest BCUT2D eigenvalue weighted by molar-refractivity contribution is 0.0493. The van der Waals surface area contributed by atoms with E-state index in [0.717, 1.165) is 36.8 Å². The van der Waals surface area contributed by atoms with E-state index >= 15 is 0 Å². The maximum atomic E-state index is 6.41. The van der Waals surface area contributed by atoms with Gasteiger partial charge in [-0.2, -0.15) is 4.98 Å². The molecular weight excluding hydrogens is 362 g/mol. The normalized spacial score (nSPS) is 15.6. The van der Waals surface area contributed by atoms with Gasteiger partial charge in [0.2, 0.25) is 0 Å². The zero-order valence-corrected chi connectivity index (χ0v) is 15.9. The standard InChI is InChI=1S/C21H23N3O2.ClH/c22-21(13-7-8-14-21)20-23-18(26-24-20)15-25-19(16-9-3-1-4-10-16)17-11-5-2-6-12-17;/h1-6,9-12,19H,7-8,13-15,22H2;1H. The second-order valence-electron chi connectivity index (χ2n) is 6.89. The molecule has 2 N–H and O–H groups in total. The fourth-order valence-corrected chi connectivity index (χ4v) is 3.54. The summed E-state index contributed by atoms with van der Waals surface area (Å²) in [5.41, 5.74) is 8.14. The summed E-state index contributed by atoms with van der Waals surface area (Å²) >= 11 is 0. The van der Waals surface area contributed by atoms with Crippen LogP contribution in [-0.2, 0) is 16.9 Å². The molecule has 4 rings (SSSR count). The maximum Gasteiger partial charge on any atom is 0.252 e. The number of hydrogen-bond donors (Lipinski definition) is 1. The Morgan fingerprint density at radius 1 is 0.963 bits per heavy atom. The zero-order chi connectivity index (χ0) is 17.8. The summed E-state index contributed by atoms with van der Waals surface area (Å²) in [6.07, 6.45) is 3.85. The van der Waals surface area contributed by atoms with Crippen LogP contribution in [0, 0.1) is 0 Å². The summed E-state index contributed by atoms with van der Waals surface area (Å²) in [4.78, 5) is 4.50. The Labute approximate surface area is 165 Å². The average molecular weight is 386 g/mol. The first-order chi connectivity index (χ1) is 12.7. The predicted octanol–water partition coefficient (Wildman–Crippen LogP) is 4.53. The van der Waals surface area contributed by atoms with Crippen molar-refractivity contribution in [2.75, 3.05) is 0 Å². The van der Waals surface area contributed by atoms with Crippen LogP contribution in [0.1, 0.15) is 54.6 Å². The second kappa shape index (κ2) is 8.65. The van der Waals surface area contributed by atoms with Crippen LogP contribution in [0.25, 0.3) is 0 Å². The highest BCUT2D eigenvalue weighted by molar-refractivity contribution is 5.85. The fraction of sp³-hybridized carbons (Fsp3) is 0.333. The summed E-state index contributed by atoms with van der Waals surface area (Å²) in [7, 11) is 0. The van der Waals surface area contributed by atoms with Crippen molar-refractivity contribution in [1.29, 1.82) is 0 Å². The minimum absolute atomic E-state index is 0. The summed E-state index contributed by atoms with van der Waals surface area (Å²) in [5, 5.41) is 4.10. The molecule has 2 aromatic carbocycles. The van der Waals surface area contributed by atoms with Crippen LogP contribution in [0.15, 0.2) is 65.2 Å². The molecule has 0 atom stereocenters.